The number of carbonyl (C=O) groups excluding carboxylic acids is 1. The molecule has 0 atom stereocenters. The Morgan fingerprint density at radius 2 is 2.00 bits per heavy atom. The van der Waals surface area contributed by atoms with Gasteiger partial charge in [0.2, 0.25) is 5.78 Å². The lowest BCUT2D eigenvalue weighted by molar-refractivity contribution is 0.101. The molecule has 0 radical (unpaired) electrons. The van der Waals surface area contributed by atoms with E-state index in [9.17, 15) is 4.79 Å². The zero-order valence-electron chi connectivity index (χ0n) is 8.87. The van der Waals surface area contributed by atoms with Gasteiger partial charge in [-0.15, -0.1) is 0 Å². The first-order chi connectivity index (χ1) is 8.11. The van der Waals surface area contributed by atoms with Crippen molar-refractivity contribution in [2.75, 3.05) is 7.11 Å². The molecule has 0 fully saturated rings. The van der Waals surface area contributed by atoms with Crippen LogP contribution in [0.25, 0.3) is 0 Å². The molecule has 2 rings (SSSR count). The Hall–Kier alpha value is -1.45. The molecule has 1 aromatic carbocycles. The van der Waals surface area contributed by atoms with Gasteiger partial charge in [-0.05, 0) is 41.9 Å². The highest BCUT2D eigenvalue weighted by Crippen LogP contribution is 2.26. The summed E-state index contributed by atoms with van der Waals surface area (Å²) >= 11 is 11.5. The summed E-state index contributed by atoms with van der Waals surface area (Å²) in [5, 5.41) is 0.612. The lowest BCUT2D eigenvalue weighted by atomic mass is 10.1. The van der Waals surface area contributed by atoms with E-state index < -0.39 is 0 Å². The van der Waals surface area contributed by atoms with Crippen molar-refractivity contribution in [1.29, 1.82) is 0 Å². The molecule has 0 bridgehead atoms. The van der Waals surface area contributed by atoms with E-state index in [1.807, 2.05) is 0 Å². The van der Waals surface area contributed by atoms with Crippen LogP contribution >= 0.6 is 23.2 Å². The van der Waals surface area contributed by atoms with Crippen LogP contribution in [-0.4, -0.2) is 12.9 Å². The molecule has 0 spiro atoms. The molecule has 0 aliphatic carbocycles. The number of hydrogen-bond acceptors (Lipinski definition) is 3. The van der Waals surface area contributed by atoms with Crippen molar-refractivity contribution in [3.63, 3.8) is 0 Å². The van der Waals surface area contributed by atoms with Gasteiger partial charge in [0.05, 0.1) is 12.7 Å². The summed E-state index contributed by atoms with van der Waals surface area (Å²) in [6.45, 7) is 0. The third-order valence-electron chi connectivity index (χ3n) is 2.20. The maximum Gasteiger partial charge on any atom is 0.232 e. The smallest absolute Gasteiger partial charge is 0.232 e. The molecule has 2 aromatic rings. The van der Waals surface area contributed by atoms with Crippen LogP contribution in [0, 0.1) is 0 Å². The van der Waals surface area contributed by atoms with Crippen molar-refractivity contribution in [3.05, 3.63) is 51.9 Å². The molecule has 3 nitrogen and oxygen atoms in total. The normalized spacial score (nSPS) is 10.3. The van der Waals surface area contributed by atoms with E-state index in [1.165, 1.54) is 25.3 Å². The van der Waals surface area contributed by atoms with E-state index in [0.29, 0.717) is 16.3 Å². The molecule has 0 saturated carbocycles. The van der Waals surface area contributed by atoms with Crippen molar-refractivity contribution in [2.45, 2.75) is 0 Å². The van der Waals surface area contributed by atoms with Crippen LogP contribution in [0.3, 0.4) is 0 Å². The predicted octanol–water partition coefficient (Wildman–Crippen LogP) is 3.83. The number of benzene rings is 1. The summed E-state index contributed by atoms with van der Waals surface area (Å²) in [6, 6.07) is 7.81. The van der Waals surface area contributed by atoms with Crippen LogP contribution in [0.2, 0.25) is 10.2 Å². The molecule has 0 aliphatic rings. The van der Waals surface area contributed by atoms with Crippen LogP contribution in [0.4, 0.5) is 0 Å². The molecule has 0 amide bonds. The van der Waals surface area contributed by atoms with Crippen molar-refractivity contribution < 1.29 is 13.9 Å². The molecule has 1 aromatic heterocycles. The molecule has 0 unspecified atom stereocenters. The Morgan fingerprint density at radius 1 is 1.24 bits per heavy atom. The van der Waals surface area contributed by atoms with E-state index in [4.69, 9.17) is 32.4 Å². The average Bonchev–Trinajstić information content (AvgIpc) is 2.75. The molecule has 1 heterocycles. The average molecular weight is 271 g/mol. The van der Waals surface area contributed by atoms with Gasteiger partial charge in [0, 0.05) is 5.02 Å². The third kappa shape index (κ3) is 2.46. The van der Waals surface area contributed by atoms with Gasteiger partial charge >= 0.3 is 0 Å². The Balaban J connectivity index is 2.46. The first kappa shape index (κ1) is 12.0. The Kier molecular flexibility index (Phi) is 3.41. The minimum atomic E-state index is -0.323. The lowest BCUT2D eigenvalue weighted by Crippen LogP contribution is -2.02. The molecule has 0 N–H and O–H groups in total. The SMILES string of the molecule is COc1ccc(Cl)cc1C(=O)c1ccc(Cl)o1. The fourth-order valence-electron chi connectivity index (χ4n) is 1.43. The van der Waals surface area contributed by atoms with E-state index >= 15 is 0 Å². The topological polar surface area (TPSA) is 39.4 Å². The molecular formula is C12H8Cl2O3. The van der Waals surface area contributed by atoms with Crippen LogP contribution in [0.15, 0.2) is 34.7 Å². The second-order valence-corrected chi connectivity index (χ2v) is 4.09. The fraction of sp³-hybridized carbons (Fsp3) is 0.0833. The van der Waals surface area contributed by atoms with Gasteiger partial charge in [-0.3, -0.25) is 4.79 Å². The summed E-state index contributed by atoms with van der Waals surface area (Å²) < 4.78 is 10.2. The summed E-state index contributed by atoms with van der Waals surface area (Å²) in [7, 11) is 1.48. The van der Waals surface area contributed by atoms with Gasteiger partial charge in [0.15, 0.2) is 11.0 Å². The standard InChI is InChI=1S/C12H8Cl2O3/c1-16-9-3-2-7(13)6-8(9)12(15)10-4-5-11(14)17-10/h2-6H,1H3. The molecule has 0 aliphatic heterocycles. The van der Waals surface area contributed by atoms with E-state index in [1.54, 1.807) is 12.1 Å². The van der Waals surface area contributed by atoms with E-state index in [2.05, 4.69) is 0 Å². The van der Waals surface area contributed by atoms with Crippen molar-refractivity contribution in [3.8, 4) is 5.75 Å². The fourth-order valence-corrected chi connectivity index (χ4v) is 1.74. The summed E-state index contributed by atoms with van der Waals surface area (Å²) in [5.74, 6) is 0.263. The van der Waals surface area contributed by atoms with Crippen LogP contribution in [0.1, 0.15) is 16.1 Å². The second-order valence-electron chi connectivity index (χ2n) is 3.28. The minimum absolute atomic E-state index is 0.149. The Bertz CT molecular complexity index is 561. The van der Waals surface area contributed by atoms with Crippen molar-refractivity contribution in [1.82, 2.24) is 0 Å². The van der Waals surface area contributed by atoms with Crippen molar-refractivity contribution in [2.24, 2.45) is 0 Å². The lowest BCUT2D eigenvalue weighted by Gasteiger charge is -2.06. The summed E-state index contributed by atoms with van der Waals surface area (Å²) in [5.41, 5.74) is 0.339. The predicted molar refractivity (Wildman–Crippen MR) is 65.2 cm³/mol. The van der Waals surface area contributed by atoms with Crippen LogP contribution in [-0.2, 0) is 0 Å². The molecular weight excluding hydrogens is 263 g/mol. The second kappa shape index (κ2) is 4.82. The molecule has 5 heteroatoms. The molecule has 88 valence electrons. The molecule has 17 heavy (non-hydrogen) atoms. The number of halogens is 2. The highest BCUT2D eigenvalue weighted by molar-refractivity contribution is 6.31. The first-order valence-electron chi connectivity index (χ1n) is 4.75. The maximum atomic E-state index is 12.1. The van der Waals surface area contributed by atoms with Crippen LogP contribution < -0.4 is 4.74 Å². The zero-order chi connectivity index (χ0) is 12.4. The number of rotatable bonds is 3. The van der Waals surface area contributed by atoms with E-state index in [-0.39, 0.29) is 16.8 Å². The highest BCUT2D eigenvalue weighted by Gasteiger charge is 2.18. The first-order valence-corrected chi connectivity index (χ1v) is 5.51. The number of ketones is 1. The van der Waals surface area contributed by atoms with Gasteiger partial charge in [-0.1, -0.05) is 11.6 Å². The number of methoxy groups -OCH3 is 1. The number of hydrogen-bond donors (Lipinski definition) is 0. The van der Waals surface area contributed by atoms with Gasteiger partial charge < -0.3 is 9.15 Å². The van der Waals surface area contributed by atoms with Gasteiger partial charge in [-0.2, -0.15) is 0 Å². The summed E-state index contributed by atoms with van der Waals surface area (Å²) in [4.78, 5) is 12.1. The molecule has 0 saturated heterocycles. The van der Waals surface area contributed by atoms with Crippen LogP contribution in [0.5, 0.6) is 5.75 Å². The largest absolute Gasteiger partial charge is 0.496 e. The van der Waals surface area contributed by atoms with Gasteiger partial charge in [0.25, 0.3) is 0 Å². The van der Waals surface area contributed by atoms with Gasteiger partial charge in [-0.25, -0.2) is 0 Å². The number of furan rings is 1. The highest BCUT2D eigenvalue weighted by atomic mass is 35.5. The van der Waals surface area contributed by atoms with E-state index in [0.717, 1.165) is 0 Å². The quantitative estimate of drug-likeness (QED) is 0.796. The number of carbonyl (C=O) groups is 1. The van der Waals surface area contributed by atoms with Gasteiger partial charge in [0.1, 0.15) is 5.75 Å². The maximum absolute atomic E-state index is 12.1. The number of ether oxygens (including phenoxy) is 1. The minimum Gasteiger partial charge on any atom is -0.496 e. The van der Waals surface area contributed by atoms with Crippen molar-refractivity contribution >= 4 is 29.0 Å². The summed E-state index contributed by atoms with van der Waals surface area (Å²) in [6.07, 6.45) is 0. The third-order valence-corrected chi connectivity index (χ3v) is 2.64. The Morgan fingerprint density at radius 3 is 2.59 bits per heavy atom. The Labute approximate surface area is 108 Å². The zero-order valence-corrected chi connectivity index (χ0v) is 10.4. The monoisotopic (exact) mass is 270 g/mol.